The van der Waals surface area contributed by atoms with Gasteiger partial charge in [0.2, 0.25) is 0 Å². The van der Waals surface area contributed by atoms with Gasteiger partial charge in [0.15, 0.2) is 8.32 Å². The van der Waals surface area contributed by atoms with Gasteiger partial charge in [-0.3, -0.25) is 4.79 Å². The highest BCUT2D eigenvalue weighted by molar-refractivity contribution is 6.75. The van der Waals surface area contributed by atoms with Crippen molar-refractivity contribution in [3.63, 3.8) is 0 Å². The first-order valence-electron chi connectivity index (χ1n) is 4.17. The first-order valence-corrected chi connectivity index (χ1v) is 7.16. The van der Waals surface area contributed by atoms with Crippen molar-refractivity contribution < 1.29 is 14.0 Å². The molecule has 0 aliphatic heterocycles. The average Bonchev–Trinajstić information content (AvgIpc) is 2.03. The van der Waals surface area contributed by atoms with Crippen molar-refractivity contribution in [3.05, 3.63) is 0 Å². The van der Waals surface area contributed by atoms with Crippen molar-refractivity contribution in [3.8, 4) is 0 Å². The maximum Gasteiger partial charge on any atom is 0.308 e. The van der Waals surface area contributed by atoms with Gasteiger partial charge in [-0.15, -0.1) is 0 Å². The molecule has 0 heterocycles. The summed E-state index contributed by atoms with van der Waals surface area (Å²) in [4.78, 5) is 11.3. The van der Waals surface area contributed by atoms with Gasteiger partial charge >= 0.3 is 5.97 Å². The second kappa shape index (κ2) is 4.62. The summed E-state index contributed by atoms with van der Waals surface area (Å²) in [5.41, 5.74) is -0.0950. The summed E-state index contributed by atoms with van der Waals surface area (Å²) in [7, 11) is -0.201. The minimum absolute atomic E-state index is 0.0950. The van der Waals surface area contributed by atoms with Crippen LogP contribution in [0, 0.1) is 0 Å². The summed E-state index contributed by atoms with van der Waals surface area (Å²) in [6, 6.07) is 0. The molecule has 0 aromatic rings. The van der Waals surface area contributed by atoms with Gasteiger partial charge in [0.25, 0.3) is 0 Å². The van der Waals surface area contributed by atoms with Crippen LogP contribution in [0.4, 0.5) is 0 Å². The van der Waals surface area contributed by atoms with Crippen LogP contribution in [0.15, 0.2) is 0 Å². The Morgan fingerprint density at radius 3 is 2.33 bits per heavy atom. The molecule has 1 atom stereocenters. The van der Waals surface area contributed by atoms with Crippen LogP contribution >= 0.6 is 0 Å². The highest BCUT2D eigenvalue weighted by atomic mass is 28.4. The molecule has 0 bridgehead atoms. The number of rotatable bonds is 4. The second-order valence-corrected chi connectivity index (χ2v) is 7.76. The van der Waals surface area contributed by atoms with Gasteiger partial charge in [0.1, 0.15) is 0 Å². The molecule has 0 saturated carbocycles. The summed E-state index contributed by atoms with van der Waals surface area (Å²) in [6.07, 6.45) is 0. The third-order valence-electron chi connectivity index (χ3n) is 2.21. The van der Waals surface area contributed by atoms with Crippen molar-refractivity contribution in [2.75, 3.05) is 13.7 Å². The molecule has 72 valence electrons. The Morgan fingerprint density at radius 1 is 1.50 bits per heavy atom. The topological polar surface area (TPSA) is 35.5 Å². The Morgan fingerprint density at radius 2 is 2.00 bits per heavy atom. The van der Waals surface area contributed by atoms with E-state index < -0.39 is 8.32 Å². The Balaban J connectivity index is 4.17. The Kier molecular flexibility index (Phi) is 4.48. The molecule has 0 radical (unpaired) electrons. The highest BCUT2D eigenvalue weighted by Gasteiger charge is 2.35. The van der Waals surface area contributed by atoms with Crippen molar-refractivity contribution in [2.24, 2.45) is 0 Å². The number of carbonyl (C=O) groups excluding carboxylic acids is 1. The largest absolute Gasteiger partial charge is 0.466 e. The van der Waals surface area contributed by atoms with Crippen molar-refractivity contribution >= 4 is 14.3 Å². The molecule has 0 fully saturated rings. The standard InChI is InChI=1S/C8H18O3Si/c1-6-11-8(9)7(2)12(4,5)10-3/h7H,6H2,1-5H3. The van der Waals surface area contributed by atoms with Crippen LogP contribution in [-0.2, 0) is 14.0 Å². The van der Waals surface area contributed by atoms with Crippen LogP contribution in [0.2, 0.25) is 18.6 Å². The molecule has 0 aliphatic rings. The van der Waals surface area contributed by atoms with E-state index in [1.807, 2.05) is 26.9 Å². The molecule has 0 aromatic carbocycles. The minimum atomic E-state index is -1.86. The summed E-state index contributed by atoms with van der Waals surface area (Å²) in [5, 5.41) is 0. The number of hydrogen-bond donors (Lipinski definition) is 0. The van der Waals surface area contributed by atoms with Gasteiger partial charge in [0, 0.05) is 7.11 Å². The molecule has 12 heavy (non-hydrogen) atoms. The SMILES string of the molecule is CCOC(=O)C(C)[Si](C)(C)OC. The van der Waals surface area contributed by atoms with Crippen molar-refractivity contribution in [1.29, 1.82) is 0 Å². The lowest BCUT2D eigenvalue weighted by molar-refractivity contribution is -0.143. The van der Waals surface area contributed by atoms with Crippen LogP contribution in [0.1, 0.15) is 13.8 Å². The predicted octanol–water partition coefficient (Wildman–Crippen LogP) is 1.79. The van der Waals surface area contributed by atoms with Crippen LogP contribution in [0.5, 0.6) is 0 Å². The minimum Gasteiger partial charge on any atom is -0.466 e. The van der Waals surface area contributed by atoms with Crippen LogP contribution in [0.3, 0.4) is 0 Å². The molecular formula is C8H18O3Si. The fourth-order valence-electron chi connectivity index (χ4n) is 0.728. The van der Waals surface area contributed by atoms with E-state index in [-0.39, 0.29) is 11.5 Å². The van der Waals surface area contributed by atoms with E-state index in [4.69, 9.17) is 9.16 Å². The number of carbonyl (C=O) groups is 1. The fourth-order valence-corrected chi connectivity index (χ4v) is 1.73. The van der Waals surface area contributed by atoms with Gasteiger partial charge < -0.3 is 9.16 Å². The molecule has 0 spiro atoms. The van der Waals surface area contributed by atoms with E-state index in [2.05, 4.69) is 0 Å². The van der Waals surface area contributed by atoms with Gasteiger partial charge in [0.05, 0.1) is 12.1 Å². The molecule has 0 aliphatic carbocycles. The van der Waals surface area contributed by atoms with E-state index in [0.717, 1.165) is 0 Å². The monoisotopic (exact) mass is 190 g/mol. The molecule has 0 N–H and O–H groups in total. The van der Waals surface area contributed by atoms with Gasteiger partial charge in [-0.25, -0.2) is 0 Å². The molecule has 3 nitrogen and oxygen atoms in total. The van der Waals surface area contributed by atoms with Gasteiger partial charge in [-0.1, -0.05) is 6.92 Å². The van der Waals surface area contributed by atoms with E-state index in [0.29, 0.717) is 6.61 Å². The van der Waals surface area contributed by atoms with Crippen LogP contribution in [-0.4, -0.2) is 28.0 Å². The number of ether oxygens (including phenoxy) is 1. The molecule has 4 heteroatoms. The lowest BCUT2D eigenvalue weighted by Gasteiger charge is -2.25. The smallest absolute Gasteiger partial charge is 0.308 e. The Hall–Kier alpha value is -0.353. The summed E-state index contributed by atoms with van der Waals surface area (Å²) in [6.45, 7) is 8.14. The van der Waals surface area contributed by atoms with Crippen LogP contribution < -0.4 is 0 Å². The second-order valence-electron chi connectivity index (χ2n) is 3.28. The van der Waals surface area contributed by atoms with Crippen molar-refractivity contribution in [1.82, 2.24) is 0 Å². The molecule has 0 aromatic heterocycles. The third-order valence-corrected chi connectivity index (χ3v) is 5.58. The predicted molar refractivity (Wildman–Crippen MR) is 50.5 cm³/mol. The maximum atomic E-state index is 11.3. The zero-order chi connectivity index (χ0) is 9.78. The Bertz CT molecular complexity index is 156. The molecule has 0 saturated heterocycles. The Labute approximate surface area is 75.2 Å². The highest BCUT2D eigenvalue weighted by Crippen LogP contribution is 2.22. The third kappa shape index (κ3) is 2.95. The zero-order valence-corrected chi connectivity index (χ0v) is 9.51. The van der Waals surface area contributed by atoms with Crippen molar-refractivity contribution in [2.45, 2.75) is 32.5 Å². The maximum absolute atomic E-state index is 11.3. The fraction of sp³-hybridized carbons (Fsp3) is 0.875. The molecule has 0 rings (SSSR count). The quantitative estimate of drug-likeness (QED) is 0.501. The van der Waals surface area contributed by atoms with E-state index in [1.54, 1.807) is 7.11 Å². The van der Waals surface area contributed by atoms with E-state index in [9.17, 15) is 4.79 Å². The van der Waals surface area contributed by atoms with E-state index in [1.165, 1.54) is 0 Å². The summed E-state index contributed by atoms with van der Waals surface area (Å²) < 4.78 is 10.2. The van der Waals surface area contributed by atoms with Gasteiger partial charge in [-0.05, 0) is 20.0 Å². The first kappa shape index (κ1) is 11.6. The molecule has 1 unspecified atom stereocenters. The van der Waals surface area contributed by atoms with Crippen LogP contribution in [0.25, 0.3) is 0 Å². The number of hydrogen-bond acceptors (Lipinski definition) is 3. The summed E-state index contributed by atoms with van der Waals surface area (Å²) in [5.74, 6) is -0.143. The zero-order valence-electron chi connectivity index (χ0n) is 8.51. The molecular weight excluding hydrogens is 172 g/mol. The molecule has 0 amide bonds. The first-order chi connectivity index (χ1) is 5.45. The summed E-state index contributed by atoms with van der Waals surface area (Å²) >= 11 is 0. The van der Waals surface area contributed by atoms with E-state index >= 15 is 0 Å². The number of esters is 1. The lowest BCUT2D eigenvalue weighted by atomic mass is 10.5. The average molecular weight is 190 g/mol. The van der Waals surface area contributed by atoms with Gasteiger partial charge in [-0.2, -0.15) is 0 Å². The lowest BCUT2D eigenvalue weighted by Crippen LogP contribution is -2.38. The normalized spacial score (nSPS) is 14.1.